The van der Waals surface area contributed by atoms with Gasteiger partial charge in [-0.25, -0.2) is 19.3 Å². The van der Waals surface area contributed by atoms with E-state index in [9.17, 15) is 39.0 Å². The number of ether oxygens (including phenoxy) is 1. The van der Waals surface area contributed by atoms with Gasteiger partial charge in [0.15, 0.2) is 0 Å². The van der Waals surface area contributed by atoms with Gasteiger partial charge in [-0.05, 0) is 70.1 Å². The minimum absolute atomic E-state index is 0.0375. The van der Waals surface area contributed by atoms with E-state index in [0.29, 0.717) is 27.5 Å². The zero-order chi connectivity index (χ0) is 38.4. The third-order valence-electron chi connectivity index (χ3n) is 8.16. The van der Waals surface area contributed by atoms with Gasteiger partial charge in [0.05, 0.1) is 17.1 Å². The summed E-state index contributed by atoms with van der Waals surface area (Å²) < 4.78 is 6.44. The number of carboxylic acids is 1. The van der Waals surface area contributed by atoms with E-state index in [2.05, 4.69) is 36.8 Å². The van der Waals surface area contributed by atoms with Crippen LogP contribution in [0.1, 0.15) is 11.1 Å². The Labute approximate surface area is 309 Å². The number of nitrogens with one attached hydrogen (secondary N) is 4. The molecule has 1 aliphatic rings. The Morgan fingerprint density at radius 3 is 2.26 bits per heavy atom. The number of hydrogen-bond acceptors (Lipinski definition) is 10. The summed E-state index contributed by atoms with van der Waals surface area (Å²) in [4.78, 5) is 78.8. The molecule has 0 aliphatic carbocycles. The molecule has 2 heterocycles. The van der Waals surface area contributed by atoms with E-state index in [1.54, 1.807) is 36.4 Å². The highest BCUT2D eigenvalue weighted by Crippen LogP contribution is 2.38. The lowest BCUT2D eigenvalue weighted by Crippen LogP contribution is -2.68. The predicted molar refractivity (Wildman–Crippen MR) is 190 cm³/mol. The molecule has 1 aromatic heterocycles. The maximum absolute atomic E-state index is 14.0. The Kier molecular flexibility index (Phi) is 10.5. The summed E-state index contributed by atoms with van der Waals surface area (Å²) in [5.74, 6) is -5.05. The molecule has 274 valence electrons. The molecule has 4 aromatic carbocycles. The lowest BCUT2D eigenvalue weighted by molar-refractivity contribution is -0.147. The fourth-order valence-corrected chi connectivity index (χ4v) is 5.88. The summed E-state index contributed by atoms with van der Waals surface area (Å²) in [5, 5.41) is 41.2. The van der Waals surface area contributed by atoms with Crippen molar-refractivity contribution in [1.29, 1.82) is 0 Å². The van der Waals surface area contributed by atoms with Crippen LogP contribution in [0, 0.1) is 0 Å². The molecule has 2 unspecified atom stereocenters. The molecule has 19 heteroatoms. The standard InChI is InChI=1S/C35H28ClN9O9/c36-22-12-15-28(44-19-37-42-43-44)25(17-22)39-30(47)31(48)40-26(16-20-10-13-23(14-11-20)38-33(51)54-24-7-2-1-3-8-24)29(46)41-35(32(49)50)18-21-6-4-5-9-27(21)45(35)34(52)53/h1-15,17,19,26H,16,18H2,(H,38,51)(H,39,47)(H,40,48)(H,41,46)(H,49,50)(H,52,53). The summed E-state index contributed by atoms with van der Waals surface area (Å²) >= 11 is 6.13. The van der Waals surface area contributed by atoms with Crippen LogP contribution in [0.2, 0.25) is 5.02 Å². The monoisotopic (exact) mass is 753 g/mol. The number of carboxylic acid groups (broad SMARTS) is 2. The number of hydrogen-bond donors (Lipinski definition) is 6. The van der Waals surface area contributed by atoms with E-state index < -0.39 is 54.0 Å². The molecule has 5 amide bonds. The van der Waals surface area contributed by atoms with Crippen molar-refractivity contribution in [2.45, 2.75) is 24.5 Å². The van der Waals surface area contributed by atoms with Gasteiger partial charge in [0.1, 0.15) is 18.1 Å². The molecular formula is C35H28ClN9O9. The number of fused-ring (bicyclic) bond motifs is 1. The van der Waals surface area contributed by atoms with Crippen molar-refractivity contribution >= 4 is 64.5 Å². The number of amides is 5. The summed E-state index contributed by atoms with van der Waals surface area (Å²) in [6, 6.07) is 23.1. The van der Waals surface area contributed by atoms with Crippen molar-refractivity contribution in [1.82, 2.24) is 30.8 Å². The van der Waals surface area contributed by atoms with E-state index >= 15 is 0 Å². The van der Waals surface area contributed by atoms with Crippen LogP contribution in [0.4, 0.5) is 26.7 Å². The number of carbonyl (C=O) groups excluding carboxylic acids is 4. The van der Waals surface area contributed by atoms with Gasteiger partial charge < -0.3 is 30.9 Å². The molecule has 0 saturated carbocycles. The molecule has 54 heavy (non-hydrogen) atoms. The van der Waals surface area contributed by atoms with Gasteiger partial charge in [0, 0.05) is 23.6 Å². The number of tetrazole rings is 1. The summed E-state index contributed by atoms with van der Waals surface area (Å²) in [6.07, 6.45) is -1.94. The molecular weight excluding hydrogens is 726 g/mol. The molecule has 6 rings (SSSR count). The number of aromatic nitrogens is 4. The van der Waals surface area contributed by atoms with Crippen molar-refractivity contribution in [2.75, 3.05) is 15.5 Å². The SMILES string of the molecule is O=C(Nc1ccc(CC(NC(=O)C(=O)Nc2cc(Cl)ccc2-n2cnnn2)C(=O)NC2(C(=O)O)Cc3ccccc3N2C(=O)O)cc1)Oc1ccccc1. The minimum Gasteiger partial charge on any atom is -0.478 e. The predicted octanol–water partition coefficient (Wildman–Crippen LogP) is 3.23. The molecule has 6 N–H and O–H groups in total. The molecule has 0 radical (unpaired) electrons. The smallest absolute Gasteiger partial charge is 0.417 e. The largest absolute Gasteiger partial charge is 0.478 e. The molecule has 2 atom stereocenters. The van der Waals surface area contributed by atoms with Crippen molar-refractivity contribution in [3.05, 3.63) is 120 Å². The van der Waals surface area contributed by atoms with Gasteiger partial charge in [0.2, 0.25) is 11.6 Å². The highest BCUT2D eigenvalue weighted by Gasteiger charge is 2.55. The van der Waals surface area contributed by atoms with Crippen molar-refractivity contribution < 1.29 is 43.7 Å². The normalized spacial score (nSPS) is 14.9. The van der Waals surface area contributed by atoms with Crippen LogP contribution in [-0.4, -0.2) is 78.0 Å². The molecule has 0 saturated heterocycles. The average Bonchev–Trinajstić information content (AvgIpc) is 3.80. The van der Waals surface area contributed by atoms with E-state index in [-0.39, 0.29) is 28.5 Å². The van der Waals surface area contributed by atoms with Gasteiger partial charge >= 0.3 is 30.0 Å². The topological polar surface area (TPSA) is 247 Å². The van der Waals surface area contributed by atoms with Crippen LogP contribution < -0.4 is 30.9 Å². The molecule has 0 spiro atoms. The van der Waals surface area contributed by atoms with E-state index in [1.807, 2.05) is 0 Å². The van der Waals surface area contributed by atoms with Gasteiger partial charge in [0.25, 0.3) is 0 Å². The van der Waals surface area contributed by atoms with Crippen LogP contribution in [0.15, 0.2) is 103 Å². The second-order valence-electron chi connectivity index (χ2n) is 11.7. The summed E-state index contributed by atoms with van der Waals surface area (Å²) in [6.45, 7) is 0. The third-order valence-corrected chi connectivity index (χ3v) is 8.40. The number of rotatable bonds is 10. The van der Waals surface area contributed by atoms with Crippen LogP contribution in [0.3, 0.4) is 0 Å². The third kappa shape index (κ3) is 7.92. The van der Waals surface area contributed by atoms with E-state index in [4.69, 9.17) is 16.3 Å². The molecule has 18 nitrogen and oxygen atoms in total. The highest BCUT2D eigenvalue weighted by atomic mass is 35.5. The Morgan fingerprint density at radius 1 is 0.852 bits per heavy atom. The van der Waals surface area contributed by atoms with Crippen molar-refractivity contribution in [3.63, 3.8) is 0 Å². The Balaban J connectivity index is 1.25. The van der Waals surface area contributed by atoms with Crippen LogP contribution in [0.5, 0.6) is 5.75 Å². The van der Waals surface area contributed by atoms with Crippen molar-refractivity contribution in [2.24, 2.45) is 0 Å². The molecule has 5 aromatic rings. The van der Waals surface area contributed by atoms with Crippen LogP contribution >= 0.6 is 11.6 Å². The number of halogens is 1. The number of benzene rings is 4. The second-order valence-corrected chi connectivity index (χ2v) is 12.1. The van der Waals surface area contributed by atoms with Crippen molar-refractivity contribution in [3.8, 4) is 11.4 Å². The zero-order valence-corrected chi connectivity index (χ0v) is 28.4. The Hall–Kier alpha value is -7.34. The van der Waals surface area contributed by atoms with Gasteiger partial charge in [-0.1, -0.05) is 60.1 Å². The number of anilines is 3. The second kappa shape index (κ2) is 15.5. The molecule has 1 aliphatic heterocycles. The van der Waals surface area contributed by atoms with Gasteiger partial charge in [-0.15, -0.1) is 5.10 Å². The number of carbonyl (C=O) groups is 6. The molecule has 0 fully saturated rings. The van der Waals surface area contributed by atoms with Crippen LogP contribution in [-0.2, 0) is 32.0 Å². The average molecular weight is 754 g/mol. The minimum atomic E-state index is -2.51. The first-order valence-corrected chi connectivity index (χ1v) is 16.3. The number of para-hydroxylation sites is 2. The lowest BCUT2D eigenvalue weighted by atomic mass is 10.0. The molecule has 0 bridgehead atoms. The number of aliphatic carboxylic acids is 1. The maximum Gasteiger partial charge on any atom is 0.417 e. The lowest BCUT2D eigenvalue weighted by Gasteiger charge is -2.35. The van der Waals surface area contributed by atoms with Gasteiger partial charge in [-0.2, -0.15) is 4.68 Å². The first-order chi connectivity index (χ1) is 25.9. The fourth-order valence-electron chi connectivity index (χ4n) is 5.71. The Bertz CT molecular complexity index is 2240. The fraction of sp³-hybridized carbons (Fsp3) is 0.114. The van der Waals surface area contributed by atoms with Gasteiger partial charge in [-0.3, -0.25) is 19.7 Å². The zero-order valence-electron chi connectivity index (χ0n) is 27.7. The van der Waals surface area contributed by atoms with Crippen LogP contribution in [0.25, 0.3) is 5.69 Å². The van der Waals surface area contributed by atoms with E-state index in [1.165, 1.54) is 71.7 Å². The first kappa shape index (κ1) is 36.5. The quantitative estimate of drug-likeness (QED) is 0.113. The summed E-state index contributed by atoms with van der Waals surface area (Å²) in [7, 11) is 0. The first-order valence-electron chi connectivity index (χ1n) is 15.9. The van der Waals surface area contributed by atoms with E-state index in [0.717, 1.165) is 0 Å². The summed E-state index contributed by atoms with van der Waals surface area (Å²) in [5.41, 5.74) is -1.14. The number of nitrogens with zero attached hydrogens (tertiary/aromatic N) is 5. The Morgan fingerprint density at radius 2 is 1.57 bits per heavy atom. The maximum atomic E-state index is 14.0. The highest BCUT2D eigenvalue weighted by molar-refractivity contribution is 6.40.